The first kappa shape index (κ1) is 16.7. The van der Waals surface area contributed by atoms with Gasteiger partial charge in [0.25, 0.3) is 0 Å². The molecule has 4 bridgehead atoms. The lowest BCUT2D eigenvalue weighted by molar-refractivity contribution is -0.105. The van der Waals surface area contributed by atoms with Gasteiger partial charge in [0, 0.05) is 12.1 Å². The van der Waals surface area contributed by atoms with Gasteiger partial charge in [0.15, 0.2) is 0 Å². The van der Waals surface area contributed by atoms with E-state index in [9.17, 15) is 10.2 Å². The average Bonchev–Trinajstić information content (AvgIpc) is 2.43. The summed E-state index contributed by atoms with van der Waals surface area (Å²) in [6, 6.07) is 0. The van der Waals surface area contributed by atoms with Gasteiger partial charge in [-0.3, -0.25) is 0 Å². The van der Waals surface area contributed by atoms with Crippen LogP contribution in [0.4, 0.5) is 0 Å². The Kier molecular flexibility index (Phi) is 4.84. The van der Waals surface area contributed by atoms with Crippen molar-refractivity contribution in [2.24, 2.45) is 23.2 Å². The van der Waals surface area contributed by atoms with E-state index in [0.717, 1.165) is 24.4 Å². The van der Waals surface area contributed by atoms with Gasteiger partial charge in [-0.1, -0.05) is 0 Å². The second kappa shape index (κ2) is 6.39. The number of nitrogens with one attached hydrogen (secondary N) is 1. The summed E-state index contributed by atoms with van der Waals surface area (Å²) in [4.78, 5) is 0. The molecule has 0 radical (unpaired) electrons. The van der Waals surface area contributed by atoms with Crippen molar-refractivity contribution < 1.29 is 14.9 Å². The summed E-state index contributed by atoms with van der Waals surface area (Å²) in [7, 11) is 0. The van der Waals surface area contributed by atoms with E-state index in [1.807, 2.05) is 13.8 Å². The van der Waals surface area contributed by atoms with E-state index in [-0.39, 0.29) is 12.1 Å². The van der Waals surface area contributed by atoms with Gasteiger partial charge in [-0.05, 0) is 75.5 Å². The molecule has 22 heavy (non-hydrogen) atoms. The Hall–Kier alpha value is -0.160. The highest BCUT2D eigenvalue weighted by molar-refractivity contribution is 5.01. The molecule has 4 saturated carbocycles. The van der Waals surface area contributed by atoms with Gasteiger partial charge < -0.3 is 20.3 Å². The highest BCUT2D eigenvalue weighted by Crippen LogP contribution is 2.60. The molecule has 0 heterocycles. The number of ether oxygens (including phenoxy) is 1. The third kappa shape index (κ3) is 3.84. The van der Waals surface area contributed by atoms with Crippen LogP contribution >= 0.6 is 0 Å². The van der Waals surface area contributed by atoms with Gasteiger partial charge in [0.05, 0.1) is 25.9 Å². The molecule has 4 fully saturated rings. The van der Waals surface area contributed by atoms with Crippen LogP contribution < -0.4 is 5.32 Å². The molecule has 128 valence electrons. The molecule has 1 unspecified atom stereocenters. The van der Waals surface area contributed by atoms with Crippen molar-refractivity contribution in [3.05, 3.63) is 0 Å². The molecule has 0 aromatic heterocycles. The summed E-state index contributed by atoms with van der Waals surface area (Å²) in [6.45, 7) is 5.61. The monoisotopic (exact) mass is 311 g/mol. The molecular weight excluding hydrogens is 278 g/mol. The van der Waals surface area contributed by atoms with Gasteiger partial charge in [-0.15, -0.1) is 0 Å². The summed E-state index contributed by atoms with van der Waals surface area (Å²) in [5, 5.41) is 22.4. The standard InChI is InChI=1S/C18H33NO3/c1-17(2,11-20)19-9-16(21)10-22-12-18-6-13-3-14(7-18)5-15(4-13)8-18/h13-16,19-21H,3-12H2,1-2H3. The van der Waals surface area contributed by atoms with Crippen molar-refractivity contribution in [3.63, 3.8) is 0 Å². The molecule has 0 spiro atoms. The van der Waals surface area contributed by atoms with Crippen LogP contribution in [0.15, 0.2) is 0 Å². The van der Waals surface area contributed by atoms with Gasteiger partial charge in [-0.2, -0.15) is 0 Å². The number of hydrogen-bond acceptors (Lipinski definition) is 4. The largest absolute Gasteiger partial charge is 0.394 e. The lowest BCUT2D eigenvalue weighted by atomic mass is 9.50. The number of rotatable bonds is 8. The highest BCUT2D eigenvalue weighted by Gasteiger charge is 2.50. The topological polar surface area (TPSA) is 61.7 Å². The first-order valence-electron chi connectivity index (χ1n) is 9.01. The molecule has 0 aliphatic heterocycles. The third-order valence-electron chi connectivity index (χ3n) is 6.10. The van der Waals surface area contributed by atoms with Gasteiger partial charge in [-0.25, -0.2) is 0 Å². The lowest BCUT2D eigenvalue weighted by Crippen LogP contribution is -2.49. The fraction of sp³-hybridized carbons (Fsp3) is 1.00. The van der Waals surface area contributed by atoms with E-state index in [1.54, 1.807) is 0 Å². The number of β-amino-alcohol motifs (C(OH)–C–C–N with tert-alkyl or cyclic N) is 1. The first-order valence-corrected chi connectivity index (χ1v) is 9.01. The van der Waals surface area contributed by atoms with E-state index in [2.05, 4.69) is 5.32 Å². The molecular formula is C18H33NO3. The fourth-order valence-electron chi connectivity index (χ4n) is 5.39. The Bertz CT molecular complexity index is 347. The zero-order valence-corrected chi connectivity index (χ0v) is 14.2. The normalized spacial score (nSPS) is 38.5. The molecule has 0 saturated heterocycles. The van der Waals surface area contributed by atoms with E-state index < -0.39 is 6.10 Å². The SMILES string of the molecule is CC(C)(CO)NCC(O)COCC12CC3CC(CC(C3)C1)C2. The lowest BCUT2D eigenvalue weighted by Gasteiger charge is -2.56. The van der Waals surface area contributed by atoms with Crippen LogP contribution in [0.25, 0.3) is 0 Å². The number of aliphatic hydroxyl groups is 2. The molecule has 0 amide bonds. The van der Waals surface area contributed by atoms with Crippen molar-refractivity contribution in [2.75, 3.05) is 26.4 Å². The van der Waals surface area contributed by atoms with Crippen molar-refractivity contribution in [3.8, 4) is 0 Å². The zero-order valence-electron chi connectivity index (χ0n) is 14.2. The zero-order chi connectivity index (χ0) is 15.8. The predicted octanol–water partition coefficient (Wildman–Crippen LogP) is 1.94. The van der Waals surface area contributed by atoms with E-state index in [1.165, 1.54) is 38.5 Å². The third-order valence-corrected chi connectivity index (χ3v) is 6.10. The number of aliphatic hydroxyl groups excluding tert-OH is 2. The second-order valence-electron chi connectivity index (χ2n) is 9.01. The second-order valence-corrected chi connectivity index (χ2v) is 9.01. The van der Waals surface area contributed by atoms with Crippen molar-refractivity contribution >= 4 is 0 Å². The summed E-state index contributed by atoms with van der Waals surface area (Å²) in [5.74, 6) is 2.85. The molecule has 4 aliphatic carbocycles. The Balaban J connectivity index is 1.40. The average molecular weight is 311 g/mol. The van der Waals surface area contributed by atoms with Crippen LogP contribution in [0, 0.1) is 23.2 Å². The first-order chi connectivity index (χ1) is 10.4. The van der Waals surface area contributed by atoms with Crippen molar-refractivity contribution in [2.45, 2.75) is 64.0 Å². The van der Waals surface area contributed by atoms with Gasteiger partial charge in [0.2, 0.25) is 0 Å². The van der Waals surface area contributed by atoms with E-state index in [0.29, 0.717) is 18.6 Å². The maximum absolute atomic E-state index is 10.1. The molecule has 1 atom stereocenters. The Morgan fingerprint density at radius 3 is 2.18 bits per heavy atom. The molecule has 0 aromatic rings. The Morgan fingerprint density at radius 2 is 1.68 bits per heavy atom. The molecule has 4 aliphatic rings. The molecule has 3 N–H and O–H groups in total. The Labute approximate surface area is 134 Å². The maximum Gasteiger partial charge on any atom is 0.0897 e. The summed E-state index contributed by atoms with van der Waals surface area (Å²) in [6.07, 6.45) is 7.94. The fourth-order valence-corrected chi connectivity index (χ4v) is 5.39. The number of hydrogen-bond donors (Lipinski definition) is 3. The maximum atomic E-state index is 10.1. The molecule has 4 heteroatoms. The smallest absolute Gasteiger partial charge is 0.0897 e. The molecule has 4 nitrogen and oxygen atoms in total. The van der Waals surface area contributed by atoms with Gasteiger partial charge in [0.1, 0.15) is 0 Å². The molecule has 0 aromatic carbocycles. The summed E-state index contributed by atoms with van der Waals surface area (Å²) >= 11 is 0. The van der Waals surface area contributed by atoms with Crippen molar-refractivity contribution in [1.29, 1.82) is 0 Å². The van der Waals surface area contributed by atoms with Crippen LogP contribution in [-0.2, 0) is 4.74 Å². The minimum atomic E-state index is -0.500. The molecule has 4 rings (SSSR count). The Morgan fingerprint density at radius 1 is 1.14 bits per heavy atom. The van der Waals surface area contributed by atoms with Crippen LogP contribution in [0.3, 0.4) is 0 Å². The van der Waals surface area contributed by atoms with Crippen LogP contribution in [0.5, 0.6) is 0 Å². The van der Waals surface area contributed by atoms with Gasteiger partial charge >= 0.3 is 0 Å². The minimum Gasteiger partial charge on any atom is -0.394 e. The minimum absolute atomic E-state index is 0.0633. The van der Waals surface area contributed by atoms with Crippen LogP contribution in [0.2, 0.25) is 0 Å². The van der Waals surface area contributed by atoms with E-state index >= 15 is 0 Å². The predicted molar refractivity (Wildman–Crippen MR) is 86.6 cm³/mol. The van der Waals surface area contributed by atoms with Crippen LogP contribution in [0.1, 0.15) is 52.4 Å². The summed E-state index contributed by atoms with van der Waals surface area (Å²) in [5.41, 5.74) is 0.0766. The van der Waals surface area contributed by atoms with Crippen LogP contribution in [-0.4, -0.2) is 48.2 Å². The summed E-state index contributed by atoms with van der Waals surface area (Å²) < 4.78 is 5.93. The van der Waals surface area contributed by atoms with Crippen molar-refractivity contribution in [1.82, 2.24) is 5.32 Å². The highest BCUT2D eigenvalue weighted by atomic mass is 16.5. The van der Waals surface area contributed by atoms with E-state index in [4.69, 9.17) is 4.74 Å². The quantitative estimate of drug-likeness (QED) is 0.641.